The maximum absolute atomic E-state index is 12.7. The Morgan fingerprint density at radius 3 is 2.85 bits per heavy atom. The van der Waals surface area contributed by atoms with E-state index in [1.807, 2.05) is 24.3 Å². The number of rotatable bonds is 3. The maximum Gasteiger partial charge on any atom is 0.220 e. The van der Waals surface area contributed by atoms with Crippen LogP contribution >= 0.6 is 0 Å². The molecule has 1 aromatic carbocycles. The molecule has 0 radical (unpaired) electrons. The molecule has 1 heterocycles. The van der Waals surface area contributed by atoms with Gasteiger partial charge in [0.2, 0.25) is 10.0 Å². The molecule has 6 heteroatoms. The topological polar surface area (TPSA) is 58.6 Å². The minimum Gasteiger partial charge on any atom is -0.497 e. The molecule has 112 valence electrons. The number of benzene rings is 1. The van der Waals surface area contributed by atoms with Crippen molar-refractivity contribution in [2.24, 2.45) is 0 Å². The monoisotopic (exact) mass is 298 g/mol. The Balaban J connectivity index is 2.26. The molecule has 0 atom stereocenters. The minimum atomic E-state index is -3.33. The standard InChI is InChI=1S/C14H22N2O3S/c1-14(2)11-15-7-8-16(20(14,17)18)10-12-5-4-6-13(9-12)19-3/h4-6,9,15H,7-8,10-11H2,1-3H3. The molecule has 2 rings (SSSR count). The predicted octanol–water partition coefficient (Wildman–Crippen LogP) is 1.21. The van der Waals surface area contributed by atoms with Crippen molar-refractivity contribution in [2.45, 2.75) is 25.1 Å². The third kappa shape index (κ3) is 2.97. The van der Waals surface area contributed by atoms with Crippen LogP contribution in [0.2, 0.25) is 0 Å². The molecule has 0 spiro atoms. The minimum absolute atomic E-state index is 0.380. The van der Waals surface area contributed by atoms with Gasteiger partial charge in [-0.2, -0.15) is 4.31 Å². The Hall–Kier alpha value is -1.11. The van der Waals surface area contributed by atoms with Crippen LogP contribution in [0.5, 0.6) is 5.75 Å². The van der Waals surface area contributed by atoms with Crippen LogP contribution in [0.25, 0.3) is 0 Å². The van der Waals surface area contributed by atoms with E-state index in [2.05, 4.69) is 5.32 Å². The number of hydrogen-bond acceptors (Lipinski definition) is 4. The van der Waals surface area contributed by atoms with Gasteiger partial charge in [-0.05, 0) is 31.5 Å². The van der Waals surface area contributed by atoms with Crippen molar-refractivity contribution in [3.63, 3.8) is 0 Å². The third-order valence-electron chi connectivity index (χ3n) is 3.62. The molecule has 1 aromatic rings. The summed E-state index contributed by atoms with van der Waals surface area (Å²) in [4.78, 5) is 0. The van der Waals surface area contributed by atoms with Crippen molar-refractivity contribution >= 4 is 10.0 Å². The van der Waals surface area contributed by atoms with Crippen molar-refractivity contribution < 1.29 is 13.2 Å². The summed E-state index contributed by atoms with van der Waals surface area (Å²) in [5.41, 5.74) is 0.936. The summed E-state index contributed by atoms with van der Waals surface area (Å²) in [6.07, 6.45) is 0. The molecule has 1 fully saturated rings. The van der Waals surface area contributed by atoms with Gasteiger partial charge in [0, 0.05) is 26.2 Å². The Morgan fingerprint density at radius 1 is 1.40 bits per heavy atom. The molecule has 0 saturated carbocycles. The summed E-state index contributed by atoms with van der Waals surface area (Å²) < 4.78 is 31.3. The normalized spacial score (nSPS) is 22.1. The van der Waals surface area contributed by atoms with E-state index in [4.69, 9.17) is 4.74 Å². The predicted molar refractivity (Wildman–Crippen MR) is 79.3 cm³/mol. The Bertz CT molecular complexity index is 570. The van der Waals surface area contributed by atoms with Crippen LogP contribution in [0.3, 0.4) is 0 Å². The van der Waals surface area contributed by atoms with E-state index < -0.39 is 14.8 Å². The lowest BCUT2D eigenvalue weighted by atomic mass is 10.2. The second kappa shape index (κ2) is 5.71. The van der Waals surface area contributed by atoms with Crippen molar-refractivity contribution in [2.75, 3.05) is 26.7 Å². The smallest absolute Gasteiger partial charge is 0.220 e. The zero-order chi connectivity index (χ0) is 14.8. The van der Waals surface area contributed by atoms with Gasteiger partial charge in [-0.1, -0.05) is 12.1 Å². The fraction of sp³-hybridized carbons (Fsp3) is 0.571. The molecule has 1 N–H and O–H groups in total. The van der Waals surface area contributed by atoms with Crippen LogP contribution in [-0.4, -0.2) is 44.2 Å². The molecule has 20 heavy (non-hydrogen) atoms. The Labute approximate surface area is 121 Å². The summed E-state index contributed by atoms with van der Waals surface area (Å²) in [6, 6.07) is 7.53. The van der Waals surface area contributed by atoms with Crippen molar-refractivity contribution in [3.05, 3.63) is 29.8 Å². The molecule has 5 nitrogen and oxygen atoms in total. The molecular weight excluding hydrogens is 276 g/mol. The number of methoxy groups -OCH3 is 1. The van der Waals surface area contributed by atoms with E-state index in [0.717, 1.165) is 11.3 Å². The molecule has 0 unspecified atom stereocenters. The quantitative estimate of drug-likeness (QED) is 0.911. The summed E-state index contributed by atoms with van der Waals surface area (Å²) in [5.74, 6) is 0.743. The van der Waals surface area contributed by atoms with E-state index in [1.54, 1.807) is 25.3 Å². The van der Waals surface area contributed by atoms with Gasteiger partial charge in [-0.25, -0.2) is 8.42 Å². The molecule has 1 saturated heterocycles. The van der Waals surface area contributed by atoms with E-state index in [1.165, 1.54) is 0 Å². The average Bonchev–Trinajstić information content (AvgIpc) is 2.50. The van der Waals surface area contributed by atoms with Gasteiger partial charge in [-0.3, -0.25) is 0 Å². The molecule has 0 amide bonds. The number of nitrogens with one attached hydrogen (secondary N) is 1. The van der Waals surface area contributed by atoms with Gasteiger partial charge in [0.1, 0.15) is 5.75 Å². The van der Waals surface area contributed by atoms with E-state index >= 15 is 0 Å². The van der Waals surface area contributed by atoms with Gasteiger partial charge in [0.15, 0.2) is 0 Å². The van der Waals surface area contributed by atoms with Crippen LogP contribution in [-0.2, 0) is 16.6 Å². The maximum atomic E-state index is 12.7. The first-order valence-electron chi connectivity index (χ1n) is 6.70. The third-order valence-corrected chi connectivity index (χ3v) is 6.15. The zero-order valence-electron chi connectivity index (χ0n) is 12.2. The van der Waals surface area contributed by atoms with Gasteiger partial charge in [-0.15, -0.1) is 0 Å². The largest absolute Gasteiger partial charge is 0.497 e. The SMILES string of the molecule is COc1cccc(CN2CCNCC(C)(C)S2(=O)=O)c1. The number of hydrogen-bond donors (Lipinski definition) is 1. The first-order valence-corrected chi connectivity index (χ1v) is 8.14. The van der Waals surface area contributed by atoms with Gasteiger partial charge in [0.05, 0.1) is 11.9 Å². The summed E-state index contributed by atoms with van der Waals surface area (Å²) in [6.45, 7) is 5.54. The van der Waals surface area contributed by atoms with E-state index in [9.17, 15) is 8.42 Å². The summed E-state index contributed by atoms with van der Waals surface area (Å²) in [5, 5.41) is 3.19. The van der Waals surface area contributed by atoms with Crippen molar-refractivity contribution in [3.8, 4) is 5.75 Å². The zero-order valence-corrected chi connectivity index (χ0v) is 13.0. The van der Waals surface area contributed by atoms with Gasteiger partial charge >= 0.3 is 0 Å². The molecule has 1 aliphatic rings. The van der Waals surface area contributed by atoms with Gasteiger partial charge in [0.25, 0.3) is 0 Å². The molecule has 0 aromatic heterocycles. The fourth-order valence-corrected chi connectivity index (χ4v) is 3.93. The molecule has 0 bridgehead atoms. The summed E-state index contributed by atoms with van der Waals surface area (Å²) in [7, 11) is -1.72. The van der Waals surface area contributed by atoms with Crippen molar-refractivity contribution in [1.29, 1.82) is 0 Å². The number of nitrogens with zero attached hydrogens (tertiary/aromatic N) is 1. The molecular formula is C14H22N2O3S. The lowest BCUT2D eigenvalue weighted by Gasteiger charge is -2.29. The molecule has 1 aliphatic heterocycles. The highest BCUT2D eigenvalue weighted by molar-refractivity contribution is 7.90. The lowest BCUT2D eigenvalue weighted by Crippen LogP contribution is -2.45. The van der Waals surface area contributed by atoms with E-state index in [-0.39, 0.29) is 0 Å². The second-order valence-corrected chi connectivity index (χ2v) is 8.20. The Morgan fingerprint density at radius 2 is 2.15 bits per heavy atom. The van der Waals surface area contributed by atoms with Crippen LogP contribution in [0.1, 0.15) is 19.4 Å². The lowest BCUT2D eigenvalue weighted by molar-refractivity contribution is 0.400. The molecule has 0 aliphatic carbocycles. The number of sulfonamides is 1. The highest BCUT2D eigenvalue weighted by atomic mass is 32.2. The second-order valence-electron chi connectivity index (χ2n) is 5.63. The fourth-order valence-electron chi connectivity index (χ4n) is 2.29. The van der Waals surface area contributed by atoms with Crippen LogP contribution in [0.15, 0.2) is 24.3 Å². The van der Waals surface area contributed by atoms with Crippen LogP contribution in [0, 0.1) is 0 Å². The first-order chi connectivity index (χ1) is 9.37. The summed E-state index contributed by atoms with van der Waals surface area (Å²) >= 11 is 0. The van der Waals surface area contributed by atoms with Crippen molar-refractivity contribution in [1.82, 2.24) is 9.62 Å². The van der Waals surface area contributed by atoms with Crippen LogP contribution in [0.4, 0.5) is 0 Å². The highest BCUT2D eigenvalue weighted by Gasteiger charge is 2.40. The average molecular weight is 298 g/mol. The highest BCUT2D eigenvalue weighted by Crippen LogP contribution is 2.24. The van der Waals surface area contributed by atoms with Gasteiger partial charge < -0.3 is 10.1 Å². The number of ether oxygens (including phenoxy) is 1. The Kier molecular flexibility index (Phi) is 4.36. The van der Waals surface area contributed by atoms with Crippen LogP contribution < -0.4 is 10.1 Å². The van der Waals surface area contributed by atoms with E-state index in [0.29, 0.717) is 26.2 Å². The first kappa shape index (κ1) is 15.3.